The summed E-state index contributed by atoms with van der Waals surface area (Å²) in [4.78, 5) is 12.2. The Morgan fingerprint density at radius 1 is 1.47 bits per heavy atom. The lowest BCUT2D eigenvalue weighted by molar-refractivity contribution is 0.0915. The van der Waals surface area contributed by atoms with Crippen molar-refractivity contribution in [3.8, 4) is 5.75 Å². The van der Waals surface area contributed by atoms with Gasteiger partial charge in [0.25, 0.3) is 5.91 Å². The summed E-state index contributed by atoms with van der Waals surface area (Å²) in [6.07, 6.45) is 1.04. The van der Waals surface area contributed by atoms with E-state index in [1.165, 1.54) is 12.1 Å². The van der Waals surface area contributed by atoms with Crippen LogP contribution >= 0.6 is 12.2 Å². The molecule has 0 aliphatic rings. The monoisotopic (exact) mass is 284 g/mol. The van der Waals surface area contributed by atoms with Gasteiger partial charge in [-0.05, 0) is 25.0 Å². The van der Waals surface area contributed by atoms with Crippen LogP contribution in [-0.2, 0) is 0 Å². The number of carbonyl (C=O) groups is 1. The van der Waals surface area contributed by atoms with Gasteiger partial charge < -0.3 is 16.2 Å². The molecule has 1 aromatic carbocycles. The molecule has 0 unspecified atom stereocenters. The quantitative estimate of drug-likeness (QED) is 0.724. The SMILES string of the molecule is CCC(CC)(NC(=O)c1ccc(O)cc1F)C(N)=S. The van der Waals surface area contributed by atoms with Crippen LogP contribution in [0.3, 0.4) is 0 Å². The Kier molecular flexibility index (Phi) is 4.83. The number of halogens is 1. The van der Waals surface area contributed by atoms with Crippen LogP contribution in [0.15, 0.2) is 18.2 Å². The van der Waals surface area contributed by atoms with Crippen molar-refractivity contribution >= 4 is 23.1 Å². The van der Waals surface area contributed by atoms with E-state index in [-0.39, 0.29) is 16.3 Å². The highest BCUT2D eigenvalue weighted by Crippen LogP contribution is 2.19. The second-order valence-corrected chi connectivity index (χ2v) is 4.71. The molecule has 4 nitrogen and oxygen atoms in total. The third kappa shape index (κ3) is 3.20. The molecule has 0 atom stereocenters. The normalized spacial score (nSPS) is 11.1. The summed E-state index contributed by atoms with van der Waals surface area (Å²) in [6, 6.07) is 3.35. The van der Waals surface area contributed by atoms with Gasteiger partial charge in [0.1, 0.15) is 11.6 Å². The van der Waals surface area contributed by atoms with Crippen molar-refractivity contribution in [1.29, 1.82) is 0 Å². The molecule has 19 heavy (non-hydrogen) atoms. The first-order valence-electron chi connectivity index (χ1n) is 5.97. The molecule has 104 valence electrons. The Hall–Kier alpha value is -1.69. The van der Waals surface area contributed by atoms with E-state index in [1.54, 1.807) is 0 Å². The number of nitrogens with two attached hydrogens (primary N) is 1. The summed E-state index contributed by atoms with van der Waals surface area (Å²) in [5.41, 5.74) is 4.69. The maximum absolute atomic E-state index is 13.6. The summed E-state index contributed by atoms with van der Waals surface area (Å²) >= 11 is 4.98. The number of aromatic hydroxyl groups is 1. The summed E-state index contributed by atoms with van der Waals surface area (Å²) < 4.78 is 13.6. The Morgan fingerprint density at radius 3 is 2.47 bits per heavy atom. The number of phenolic OH excluding ortho intramolecular Hbond substituents is 1. The fourth-order valence-corrected chi connectivity index (χ4v) is 2.15. The van der Waals surface area contributed by atoms with Crippen molar-refractivity contribution < 1.29 is 14.3 Å². The number of phenols is 1. The van der Waals surface area contributed by atoms with Crippen LogP contribution < -0.4 is 11.1 Å². The minimum absolute atomic E-state index is 0.152. The maximum atomic E-state index is 13.6. The van der Waals surface area contributed by atoms with Gasteiger partial charge in [-0.2, -0.15) is 0 Å². The number of amides is 1. The zero-order valence-electron chi connectivity index (χ0n) is 10.9. The molecular formula is C13H17FN2O2S. The van der Waals surface area contributed by atoms with Crippen LogP contribution in [0, 0.1) is 5.82 Å². The molecule has 0 aliphatic carbocycles. The fraction of sp³-hybridized carbons (Fsp3) is 0.385. The van der Waals surface area contributed by atoms with Gasteiger partial charge >= 0.3 is 0 Å². The fourth-order valence-electron chi connectivity index (χ4n) is 1.81. The van der Waals surface area contributed by atoms with E-state index < -0.39 is 17.3 Å². The highest BCUT2D eigenvalue weighted by molar-refractivity contribution is 7.80. The lowest BCUT2D eigenvalue weighted by Crippen LogP contribution is -2.56. The van der Waals surface area contributed by atoms with Gasteiger partial charge in [-0.15, -0.1) is 0 Å². The summed E-state index contributed by atoms with van der Waals surface area (Å²) in [6.45, 7) is 3.69. The zero-order valence-corrected chi connectivity index (χ0v) is 11.7. The van der Waals surface area contributed by atoms with Gasteiger partial charge in [0.05, 0.1) is 16.1 Å². The highest BCUT2D eigenvalue weighted by Gasteiger charge is 2.32. The maximum Gasteiger partial charge on any atom is 0.255 e. The molecule has 1 amide bonds. The molecule has 1 aromatic rings. The van der Waals surface area contributed by atoms with Gasteiger partial charge in [0, 0.05) is 6.07 Å². The summed E-state index contributed by atoms with van der Waals surface area (Å²) in [5.74, 6) is -1.63. The average Bonchev–Trinajstić information content (AvgIpc) is 2.35. The number of benzene rings is 1. The lowest BCUT2D eigenvalue weighted by Gasteiger charge is -2.31. The Balaban J connectivity index is 3.04. The predicted octanol–water partition coefficient (Wildman–Crippen LogP) is 2.11. The van der Waals surface area contributed by atoms with Crippen molar-refractivity contribution in [2.75, 3.05) is 0 Å². The molecule has 6 heteroatoms. The van der Waals surface area contributed by atoms with Crippen LogP contribution in [-0.4, -0.2) is 21.5 Å². The van der Waals surface area contributed by atoms with Crippen molar-refractivity contribution in [1.82, 2.24) is 5.32 Å². The second kappa shape index (κ2) is 5.97. The molecular weight excluding hydrogens is 267 g/mol. The molecule has 1 rings (SSSR count). The Labute approximate surface area is 116 Å². The van der Waals surface area contributed by atoms with E-state index in [9.17, 15) is 9.18 Å². The molecule has 4 N–H and O–H groups in total. The molecule has 0 radical (unpaired) electrons. The van der Waals surface area contributed by atoms with Crippen LogP contribution in [0.4, 0.5) is 4.39 Å². The minimum atomic E-state index is -0.823. The predicted molar refractivity (Wildman–Crippen MR) is 75.6 cm³/mol. The lowest BCUT2D eigenvalue weighted by atomic mass is 9.92. The number of hydrogen-bond acceptors (Lipinski definition) is 3. The van der Waals surface area contributed by atoms with E-state index in [1.807, 2.05) is 13.8 Å². The number of carbonyl (C=O) groups excluding carboxylic acids is 1. The van der Waals surface area contributed by atoms with Gasteiger partial charge in [0.2, 0.25) is 0 Å². The minimum Gasteiger partial charge on any atom is -0.508 e. The first-order chi connectivity index (χ1) is 8.86. The third-order valence-electron chi connectivity index (χ3n) is 3.23. The molecule has 0 aromatic heterocycles. The molecule has 0 fully saturated rings. The van der Waals surface area contributed by atoms with E-state index in [2.05, 4.69) is 5.32 Å². The summed E-state index contributed by atoms with van der Waals surface area (Å²) in [5, 5.41) is 11.8. The van der Waals surface area contributed by atoms with E-state index in [0.29, 0.717) is 12.8 Å². The number of rotatable bonds is 5. The highest BCUT2D eigenvalue weighted by atomic mass is 32.1. The molecule has 0 bridgehead atoms. The molecule has 0 spiro atoms. The van der Waals surface area contributed by atoms with Gasteiger partial charge in [0.15, 0.2) is 0 Å². The van der Waals surface area contributed by atoms with Gasteiger partial charge in [-0.3, -0.25) is 4.79 Å². The van der Waals surface area contributed by atoms with Crippen LogP contribution in [0.5, 0.6) is 5.75 Å². The smallest absolute Gasteiger partial charge is 0.255 e. The van der Waals surface area contributed by atoms with E-state index >= 15 is 0 Å². The number of nitrogens with one attached hydrogen (secondary N) is 1. The molecule has 0 heterocycles. The van der Waals surface area contributed by atoms with Crippen LogP contribution in [0.2, 0.25) is 0 Å². The van der Waals surface area contributed by atoms with E-state index in [4.69, 9.17) is 23.1 Å². The Morgan fingerprint density at radius 2 is 2.05 bits per heavy atom. The first-order valence-corrected chi connectivity index (χ1v) is 6.38. The van der Waals surface area contributed by atoms with Gasteiger partial charge in [-0.25, -0.2) is 4.39 Å². The van der Waals surface area contributed by atoms with Gasteiger partial charge in [-0.1, -0.05) is 26.1 Å². The van der Waals surface area contributed by atoms with Crippen molar-refractivity contribution in [3.05, 3.63) is 29.6 Å². The largest absolute Gasteiger partial charge is 0.508 e. The Bertz CT molecular complexity index is 501. The first kappa shape index (κ1) is 15.4. The van der Waals surface area contributed by atoms with E-state index in [0.717, 1.165) is 6.07 Å². The van der Waals surface area contributed by atoms with Crippen LogP contribution in [0.25, 0.3) is 0 Å². The number of hydrogen-bond donors (Lipinski definition) is 3. The summed E-state index contributed by atoms with van der Waals surface area (Å²) in [7, 11) is 0. The average molecular weight is 284 g/mol. The van der Waals surface area contributed by atoms with Crippen molar-refractivity contribution in [2.45, 2.75) is 32.2 Å². The topological polar surface area (TPSA) is 75.3 Å². The standard InChI is InChI=1S/C13H17FN2O2S/c1-3-13(4-2,12(15)19)16-11(18)9-6-5-8(17)7-10(9)14/h5-7,17H,3-4H2,1-2H3,(H2,15,19)(H,16,18). The molecule has 0 saturated carbocycles. The van der Waals surface area contributed by atoms with Crippen LogP contribution in [0.1, 0.15) is 37.0 Å². The molecule has 0 aliphatic heterocycles. The van der Waals surface area contributed by atoms with Crippen molar-refractivity contribution in [3.63, 3.8) is 0 Å². The zero-order chi connectivity index (χ0) is 14.6. The third-order valence-corrected chi connectivity index (χ3v) is 3.62. The van der Waals surface area contributed by atoms with Crippen molar-refractivity contribution in [2.24, 2.45) is 5.73 Å². The number of thiocarbonyl (C=S) groups is 1. The molecule has 0 saturated heterocycles. The second-order valence-electron chi connectivity index (χ2n) is 4.27.